The molecule has 0 aliphatic heterocycles. The molecule has 0 aliphatic carbocycles. The fourth-order valence-electron chi connectivity index (χ4n) is 1.05. The van der Waals surface area contributed by atoms with Crippen molar-refractivity contribution < 1.29 is 4.42 Å². The Morgan fingerprint density at radius 3 is 2.58 bits per heavy atom. The monoisotopic (exact) mass is 201 g/mol. The van der Waals surface area contributed by atoms with Gasteiger partial charge in [-0.05, 0) is 12.1 Å². The Kier molecular flexibility index (Phi) is 1.74. The van der Waals surface area contributed by atoms with E-state index >= 15 is 0 Å². The molecule has 0 fully saturated rings. The quantitative estimate of drug-likeness (QED) is 0.653. The molecule has 0 bridgehead atoms. The van der Waals surface area contributed by atoms with Crippen molar-refractivity contribution in [2.75, 3.05) is 0 Å². The molecule has 2 rings (SSSR count). The molecule has 0 saturated carbocycles. The molecule has 0 N–H and O–H groups in total. The third kappa shape index (κ3) is 1.08. The molecule has 12 heavy (non-hydrogen) atoms. The Hall–Kier alpha value is -0.730. The average molecular weight is 202 g/mol. The Bertz CT molecular complexity index is 397. The second-order valence-electron chi connectivity index (χ2n) is 2.44. The van der Waals surface area contributed by atoms with Crippen molar-refractivity contribution in [3.8, 4) is 0 Å². The van der Waals surface area contributed by atoms with Crippen LogP contribution >= 0.6 is 23.2 Å². The van der Waals surface area contributed by atoms with Crippen LogP contribution < -0.4 is 0 Å². The van der Waals surface area contributed by atoms with Gasteiger partial charge in [-0.25, -0.2) is 4.98 Å². The number of halogens is 2. The van der Waals surface area contributed by atoms with Crippen LogP contribution in [0.3, 0.4) is 0 Å². The van der Waals surface area contributed by atoms with E-state index in [9.17, 15) is 0 Å². The number of hydrogen-bond acceptors (Lipinski definition) is 2. The van der Waals surface area contributed by atoms with Crippen molar-refractivity contribution in [1.82, 2.24) is 4.98 Å². The summed E-state index contributed by atoms with van der Waals surface area (Å²) in [5.74, 6) is 0.569. The summed E-state index contributed by atoms with van der Waals surface area (Å²) in [5.41, 5.74) is 1.18. The lowest BCUT2D eigenvalue weighted by Crippen LogP contribution is -1.71. The van der Waals surface area contributed by atoms with Crippen LogP contribution in [0.25, 0.3) is 11.1 Å². The first-order valence-electron chi connectivity index (χ1n) is 3.39. The molecule has 62 valence electrons. The highest BCUT2D eigenvalue weighted by molar-refractivity contribution is 6.39. The number of benzene rings is 1. The summed E-state index contributed by atoms with van der Waals surface area (Å²) in [5, 5.41) is 1.10. The first-order chi connectivity index (χ1) is 5.68. The zero-order valence-electron chi connectivity index (χ0n) is 6.27. The maximum Gasteiger partial charge on any atom is 0.192 e. The minimum atomic E-state index is 0.537. The summed E-state index contributed by atoms with van der Waals surface area (Å²) >= 11 is 11.7. The van der Waals surface area contributed by atoms with Gasteiger partial charge in [0, 0.05) is 6.92 Å². The van der Waals surface area contributed by atoms with Crippen molar-refractivity contribution in [3.05, 3.63) is 28.1 Å². The van der Waals surface area contributed by atoms with Gasteiger partial charge in [-0.3, -0.25) is 0 Å². The lowest BCUT2D eigenvalue weighted by atomic mass is 10.3. The molecule has 2 nitrogen and oxygen atoms in total. The third-order valence-electron chi connectivity index (χ3n) is 1.55. The predicted octanol–water partition coefficient (Wildman–Crippen LogP) is 3.44. The minimum absolute atomic E-state index is 0.537. The van der Waals surface area contributed by atoms with E-state index in [2.05, 4.69) is 4.98 Å². The van der Waals surface area contributed by atoms with Crippen LogP contribution in [0.4, 0.5) is 0 Å². The summed E-state index contributed by atoms with van der Waals surface area (Å²) in [6.45, 7) is 1.76. The molecule has 0 radical (unpaired) electrons. The minimum Gasteiger partial charge on any atom is -0.439 e. The van der Waals surface area contributed by atoms with Crippen molar-refractivity contribution in [3.63, 3.8) is 0 Å². The standard InChI is InChI=1S/C8H5Cl2NO/c1-4-11-7-5(9)2-3-6(10)8(7)12-4/h2-3H,1H3. The maximum absolute atomic E-state index is 5.86. The zero-order chi connectivity index (χ0) is 8.72. The van der Waals surface area contributed by atoms with Gasteiger partial charge in [0.2, 0.25) is 0 Å². The smallest absolute Gasteiger partial charge is 0.192 e. The van der Waals surface area contributed by atoms with Crippen molar-refractivity contribution in [2.24, 2.45) is 0 Å². The van der Waals surface area contributed by atoms with Gasteiger partial charge in [-0.15, -0.1) is 0 Å². The molecule has 4 heteroatoms. The average Bonchev–Trinajstić information content (AvgIpc) is 2.41. The van der Waals surface area contributed by atoms with Crippen molar-refractivity contribution >= 4 is 34.3 Å². The van der Waals surface area contributed by atoms with Crippen LogP contribution in [0.2, 0.25) is 10.0 Å². The van der Waals surface area contributed by atoms with Gasteiger partial charge in [0.05, 0.1) is 10.0 Å². The van der Waals surface area contributed by atoms with Gasteiger partial charge in [-0.1, -0.05) is 23.2 Å². The van der Waals surface area contributed by atoms with Crippen molar-refractivity contribution in [1.29, 1.82) is 0 Å². The van der Waals surface area contributed by atoms with Gasteiger partial charge in [0.15, 0.2) is 11.5 Å². The summed E-state index contributed by atoms with van der Waals surface area (Å²) < 4.78 is 5.25. The number of oxazole rings is 1. The highest BCUT2D eigenvalue weighted by Crippen LogP contribution is 2.29. The lowest BCUT2D eigenvalue weighted by Gasteiger charge is -1.91. The fourth-order valence-corrected chi connectivity index (χ4v) is 1.43. The molecular weight excluding hydrogens is 197 g/mol. The SMILES string of the molecule is Cc1nc2c(Cl)ccc(Cl)c2o1. The lowest BCUT2D eigenvalue weighted by molar-refractivity contribution is 0.561. The largest absolute Gasteiger partial charge is 0.439 e. The van der Waals surface area contributed by atoms with E-state index in [0.29, 0.717) is 27.0 Å². The van der Waals surface area contributed by atoms with E-state index in [1.807, 2.05) is 0 Å². The van der Waals surface area contributed by atoms with Gasteiger partial charge >= 0.3 is 0 Å². The fraction of sp³-hybridized carbons (Fsp3) is 0.125. The van der Waals surface area contributed by atoms with Crippen LogP contribution in [0.1, 0.15) is 5.89 Å². The number of aromatic nitrogens is 1. The van der Waals surface area contributed by atoms with E-state index < -0.39 is 0 Å². The molecule has 0 spiro atoms. The molecule has 1 heterocycles. The van der Waals surface area contributed by atoms with Gasteiger partial charge in [-0.2, -0.15) is 0 Å². The van der Waals surface area contributed by atoms with Crippen molar-refractivity contribution in [2.45, 2.75) is 6.92 Å². The van der Waals surface area contributed by atoms with Crippen LogP contribution in [0.15, 0.2) is 16.5 Å². The number of nitrogens with zero attached hydrogens (tertiary/aromatic N) is 1. The molecule has 0 unspecified atom stereocenters. The summed E-state index contributed by atoms with van der Waals surface area (Å²) in [7, 11) is 0. The van der Waals surface area contributed by atoms with Crippen LogP contribution in [0.5, 0.6) is 0 Å². The molecule has 0 aliphatic rings. The molecule has 2 aromatic rings. The Balaban J connectivity index is 2.93. The molecule has 1 aromatic carbocycles. The highest BCUT2D eigenvalue weighted by atomic mass is 35.5. The molecule has 0 atom stereocenters. The van der Waals surface area contributed by atoms with E-state index in [-0.39, 0.29) is 0 Å². The molecule has 1 aromatic heterocycles. The second kappa shape index (κ2) is 2.64. The topological polar surface area (TPSA) is 26.0 Å². The summed E-state index contributed by atoms with van der Waals surface area (Å²) in [4.78, 5) is 4.09. The van der Waals surface area contributed by atoms with E-state index in [0.717, 1.165) is 0 Å². The summed E-state index contributed by atoms with van der Waals surface area (Å²) in [6, 6.07) is 3.39. The second-order valence-corrected chi connectivity index (χ2v) is 3.25. The number of rotatable bonds is 0. The maximum atomic E-state index is 5.86. The van der Waals surface area contributed by atoms with E-state index in [1.165, 1.54) is 0 Å². The highest BCUT2D eigenvalue weighted by Gasteiger charge is 2.09. The molecule has 0 saturated heterocycles. The molecular formula is C8H5Cl2NO. The van der Waals surface area contributed by atoms with E-state index in [4.69, 9.17) is 27.6 Å². The Labute approximate surface area is 79.1 Å². The predicted molar refractivity (Wildman–Crippen MR) is 48.8 cm³/mol. The Morgan fingerprint density at radius 1 is 1.25 bits per heavy atom. The first-order valence-corrected chi connectivity index (χ1v) is 4.15. The Morgan fingerprint density at radius 2 is 1.92 bits per heavy atom. The van der Waals surface area contributed by atoms with Crippen LogP contribution in [-0.2, 0) is 0 Å². The molecule has 0 amide bonds. The van der Waals surface area contributed by atoms with E-state index in [1.54, 1.807) is 19.1 Å². The normalized spacial score (nSPS) is 10.9. The first kappa shape index (κ1) is 7.90. The van der Waals surface area contributed by atoms with Crippen LogP contribution in [0, 0.1) is 6.92 Å². The zero-order valence-corrected chi connectivity index (χ0v) is 7.78. The summed E-state index contributed by atoms with van der Waals surface area (Å²) in [6.07, 6.45) is 0. The number of hydrogen-bond donors (Lipinski definition) is 0. The number of aryl methyl sites for hydroxylation is 1. The van der Waals surface area contributed by atoms with Gasteiger partial charge < -0.3 is 4.42 Å². The third-order valence-corrected chi connectivity index (χ3v) is 2.16. The number of fused-ring (bicyclic) bond motifs is 1. The van der Waals surface area contributed by atoms with Gasteiger partial charge in [0.25, 0.3) is 0 Å². The van der Waals surface area contributed by atoms with Gasteiger partial charge in [0.1, 0.15) is 5.52 Å². The van der Waals surface area contributed by atoms with Crippen LogP contribution in [-0.4, -0.2) is 4.98 Å².